The van der Waals surface area contributed by atoms with E-state index in [4.69, 9.17) is 0 Å². The zero-order chi connectivity index (χ0) is 17.6. The first-order valence-electron chi connectivity index (χ1n) is 8.11. The van der Waals surface area contributed by atoms with Gasteiger partial charge in [0.1, 0.15) is 11.5 Å². The maximum atomic E-state index is 11.1. The van der Waals surface area contributed by atoms with E-state index in [-0.39, 0.29) is 16.6 Å². The molecule has 0 radical (unpaired) electrons. The third-order valence-electron chi connectivity index (χ3n) is 4.25. The fourth-order valence-electron chi connectivity index (χ4n) is 3.38. The SMILES string of the molecule is Cc1c(O)c(C(C)(C)C)c(-c2ccccc2)c(O)c1C(C)(C)C. The lowest BCUT2D eigenvalue weighted by molar-refractivity contribution is 0.416. The van der Waals surface area contributed by atoms with Gasteiger partial charge in [-0.15, -0.1) is 0 Å². The predicted molar refractivity (Wildman–Crippen MR) is 97.3 cm³/mol. The van der Waals surface area contributed by atoms with Crippen molar-refractivity contribution < 1.29 is 10.2 Å². The zero-order valence-electron chi connectivity index (χ0n) is 15.3. The molecule has 0 saturated heterocycles. The van der Waals surface area contributed by atoms with Crippen LogP contribution in [0.5, 0.6) is 11.5 Å². The van der Waals surface area contributed by atoms with Crippen LogP contribution < -0.4 is 0 Å². The summed E-state index contributed by atoms with van der Waals surface area (Å²) in [6.07, 6.45) is 0. The summed E-state index contributed by atoms with van der Waals surface area (Å²) in [6.45, 7) is 14.2. The summed E-state index contributed by atoms with van der Waals surface area (Å²) >= 11 is 0. The molecule has 0 aliphatic heterocycles. The number of rotatable bonds is 1. The lowest BCUT2D eigenvalue weighted by Gasteiger charge is -2.31. The predicted octanol–water partition coefficient (Wildman–Crippen LogP) is 5.67. The highest BCUT2D eigenvalue weighted by Gasteiger charge is 2.32. The van der Waals surface area contributed by atoms with E-state index in [0.717, 1.165) is 27.8 Å². The van der Waals surface area contributed by atoms with Gasteiger partial charge in [-0.1, -0.05) is 71.9 Å². The fraction of sp³-hybridized carbons (Fsp3) is 0.429. The molecule has 23 heavy (non-hydrogen) atoms. The summed E-state index contributed by atoms with van der Waals surface area (Å²) in [5.74, 6) is 0.572. The molecule has 2 N–H and O–H groups in total. The van der Waals surface area contributed by atoms with Crippen LogP contribution in [0.1, 0.15) is 58.2 Å². The molecule has 124 valence electrons. The maximum absolute atomic E-state index is 11.1. The summed E-state index contributed by atoms with van der Waals surface area (Å²) in [5.41, 5.74) is 3.49. The van der Waals surface area contributed by atoms with Crippen molar-refractivity contribution in [3.05, 3.63) is 47.0 Å². The van der Waals surface area contributed by atoms with Gasteiger partial charge in [0, 0.05) is 16.7 Å². The van der Waals surface area contributed by atoms with Crippen molar-refractivity contribution >= 4 is 0 Å². The maximum Gasteiger partial charge on any atom is 0.127 e. The van der Waals surface area contributed by atoms with Crippen molar-refractivity contribution in [1.82, 2.24) is 0 Å². The molecule has 2 aromatic carbocycles. The number of hydrogen-bond acceptors (Lipinski definition) is 2. The Morgan fingerprint density at radius 1 is 0.696 bits per heavy atom. The van der Waals surface area contributed by atoms with Gasteiger partial charge in [-0.05, 0) is 28.9 Å². The molecule has 0 bridgehead atoms. The number of phenolic OH excluding ortho intramolecular Hbond substituents is 2. The molecule has 0 spiro atoms. The molecule has 2 rings (SSSR count). The lowest BCUT2D eigenvalue weighted by atomic mass is 9.74. The summed E-state index contributed by atoms with van der Waals surface area (Å²) in [4.78, 5) is 0. The molecule has 0 unspecified atom stereocenters. The minimum atomic E-state index is -0.284. The number of phenols is 2. The third-order valence-corrected chi connectivity index (χ3v) is 4.25. The fourth-order valence-corrected chi connectivity index (χ4v) is 3.38. The Balaban J connectivity index is 3.01. The summed E-state index contributed by atoms with van der Waals surface area (Å²) in [5, 5.41) is 22.0. The monoisotopic (exact) mass is 312 g/mol. The van der Waals surface area contributed by atoms with E-state index in [1.54, 1.807) is 0 Å². The first-order chi connectivity index (χ1) is 10.5. The average Bonchev–Trinajstić information content (AvgIpc) is 2.40. The van der Waals surface area contributed by atoms with Crippen LogP contribution in [0.15, 0.2) is 30.3 Å². The standard InChI is InChI=1S/C21H28O2/c1-13-16(20(2,3)4)19(23)15(14-11-9-8-10-12-14)17(18(13)22)21(5,6)7/h8-12,22-23H,1-7H3. The van der Waals surface area contributed by atoms with Crippen molar-refractivity contribution in [3.8, 4) is 22.6 Å². The van der Waals surface area contributed by atoms with Crippen LogP contribution in [-0.2, 0) is 10.8 Å². The van der Waals surface area contributed by atoms with Gasteiger partial charge in [-0.25, -0.2) is 0 Å². The molecule has 0 heterocycles. The topological polar surface area (TPSA) is 40.5 Å². The molecule has 2 heteroatoms. The van der Waals surface area contributed by atoms with E-state index >= 15 is 0 Å². The van der Waals surface area contributed by atoms with Crippen molar-refractivity contribution in [2.24, 2.45) is 0 Å². The first-order valence-corrected chi connectivity index (χ1v) is 8.11. The molecule has 0 fully saturated rings. The zero-order valence-corrected chi connectivity index (χ0v) is 15.3. The molecule has 0 aliphatic rings. The Morgan fingerprint density at radius 2 is 1.17 bits per heavy atom. The molecule has 2 nitrogen and oxygen atoms in total. The Hall–Kier alpha value is -1.96. The highest BCUT2D eigenvalue weighted by Crippen LogP contribution is 2.50. The average molecular weight is 312 g/mol. The molecule has 0 aliphatic carbocycles. The van der Waals surface area contributed by atoms with Crippen LogP contribution in [0.25, 0.3) is 11.1 Å². The van der Waals surface area contributed by atoms with Crippen LogP contribution in [-0.4, -0.2) is 10.2 Å². The van der Waals surface area contributed by atoms with Crippen LogP contribution in [0.4, 0.5) is 0 Å². The van der Waals surface area contributed by atoms with E-state index in [9.17, 15) is 10.2 Å². The van der Waals surface area contributed by atoms with E-state index in [1.165, 1.54) is 0 Å². The third kappa shape index (κ3) is 3.08. The largest absolute Gasteiger partial charge is 0.507 e. The second-order valence-electron chi connectivity index (χ2n) is 8.31. The summed E-state index contributed by atoms with van der Waals surface area (Å²) in [7, 11) is 0. The van der Waals surface area contributed by atoms with E-state index in [0.29, 0.717) is 5.75 Å². The van der Waals surface area contributed by atoms with Crippen LogP contribution in [0.2, 0.25) is 0 Å². The Kier molecular flexibility index (Phi) is 4.23. The minimum Gasteiger partial charge on any atom is -0.507 e. The van der Waals surface area contributed by atoms with Crippen molar-refractivity contribution in [1.29, 1.82) is 0 Å². The van der Waals surface area contributed by atoms with Crippen molar-refractivity contribution in [2.45, 2.75) is 59.3 Å². The second kappa shape index (κ2) is 5.59. The van der Waals surface area contributed by atoms with Gasteiger partial charge in [0.25, 0.3) is 0 Å². The van der Waals surface area contributed by atoms with E-state index in [2.05, 4.69) is 41.5 Å². The van der Waals surface area contributed by atoms with Gasteiger partial charge >= 0.3 is 0 Å². The Bertz CT molecular complexity index is 714. The second-order valence-corrected chi connectivity index (χ2v) is 8.31. The Labute approximate surface area is 139 Å². The van der Waals surface area contributed by atoms with E-state index < -0.39 is 0 Å². The van der Waals surface area contributed by atoms with Gasteiger partial charge in [0.15, 0.2) is 0 Å². The molecule has 2 aromatic rings. The normalized spacial score (nSPS) is 12.5. The van der Waals surface area contributed by atoms with Crippen molar-refractivity contribution in [2.75, 3.05) is 0 Å². The quantitative estimate of drug-likeness (QED) is 0.666. The van der Waals surface area contributed by atoms with Crippen LogP contribution in [0, 0.1) is 6.92 Å². The summed E-state index contributed by atoms with van der Waals surface area (Å²) in [6, 6.07) is 9.82. The highest BCUT2D eigenvalue weighted by molar-refractivity contribution is 5.81. The van der Waals surface area contributed by atoms with Crippen LogP contribution >= 0.6 is 0 Å². The van der Waals surface area contributed by atoms with Gasteiger partial charge in [-0.3, -0.25) is 0 Å². The minimum absolute atomic E-state index is 0.258. The van der Waals surface area contributed by atoms with Gasteiger partial charge in [0.2, 0.25) is 0 Å². The first kappa shape index (κ1) is 17.4. The smallest absolute Gasteiger partial charge is 0.127 e. The molecular formula is C21H28O2. The molecule has 0 atom stereocenters. The Morgan fingerprint density at radius 3 is 1.61 bits per heavy atom. The van der Waals surface area contributed by atoms with Gasteiger partial charge < -0.3 is 10.2 Å². The number of aromatic hydroxyl groups is 2. The highest BCUT2D eigenvalue weighted by atomic mass is 16.3. The summed E-state index contributed by atoms with van der Waals surface area (Å²) < 4.78 is 0. The van der Waals surface area contributed by atoms with Crippen LogP contribution in [0.3, 0.4) is 0 Å². The van der Waals surface area contributed by atoms with Gasteiger partial charge in [-0.2, -0.15) is 0 Å². The van der Waals surface area contributed by atoms with Gasteiger partial charge in [0.05, 0.1) is 0 Å². The molecule has 0 amide bonds. The number of hydrogen-bond donors (Lipinski definition) is 2. The van der Waals surface area contributed by atoms with E-state index in [1.807, 2.05) is 37.3 Å². The van der Waals surface area contributed by atoms with Crippen molar-refractivity contribution in [3.63, 3.8) is 0 Å². The molecule has 0 saturated carbocycles. The molecule has 0 aromatic heterocycles. The number of benzene rings is 2. The lowest BCUT2D eigenvalue weighted by Crippen LogP contribution is -2.19. The molecular weight excluding hydrogens is 284 g/mol.